The van der Waals surface area contributed by atoms with E-state index in [1.54, 1.807) is 0 Å². The van der Waals surface area contributed by atoms with Crippen molar-refractivity contribution in [1.29, 1.82) is 0 Å². The van der Waals surface area contributed by atoms with Crippen molar-refractivity contribution in [3.05, 3.63) is 35.9 Å². The second-order valence-electron chi connectivity index (χ2n) is 8.72. The quantitative estimate of drug-likeness (QED) is 0.161. The molecule has 1 aromatic rings. The Morgan fingerprint density at radius 1 is 0.781 bits per heavy atom. The SMILES string of the molecule is CC(=O)OCCCCCCCCCCCC(CCCCCC(=O)O)OCc1ccccc1. The number of unbranched alkanes of at least 4 members (excludes halogenated alkanes) is 10. The first-order valence-corrected chi connectivity index (χ1v) is 12.6. The molecule has 0 spiro atoms. The number of carbonyl (C=O) groups is 2. The molecule has 0 fully saturated rings. The fraction of sp³-hybridized carbons (Fsp3) is 0.704. The van der Waals surface area contributed by atoms with E-state index in [9.17, 15) is 9.59 Å². The molecule has 1 rings (SSSR count). The summed E-state index contributed by atoms with van der Waals surface area (Å²) in [6.07, 6.45) is 16.2. The lowest BCUT2D eigenvalue weighted by Gasteiger charge is -2.18. The van der Waals surface area contributed by atoms with Gasteiger partial charge in [0.25, 0.3) is 0 Å². The van der Waals surface area contributed by atoms with Crippen LogP contribution in [-0.4, -0.2) is 29.8 Å². The summed E-state index contributed by atoms with van der Waals surface area (Å²) in [5.41, 5.74) is 1.20. The lowest BCUT2D eigenvalue weighted by atomic mass is 10.0. The number of aliphatic carboxylic acids is 1. The minimum atomic E-state index is -0.705. The van der Waals surface area contributed by atoms with Crippen molar-refractivity contribution in [2.45, 2.75) is 116 Å². The van der Waals surface area contributed by atoms with E-state index in [1.807, 2.05) is 18.2 Å². The molecule has 0 aliphatic rings. The van der Waals surface area contributed by atoms with E-state index in [0.717, 1.165) is 44.9 Å². The summed E-state index contributed by atoms with van der Waals surface area (Å²) in [5.74, 6) is -0.889. The van der Waals surface area contributed by atoms with E-state index in [-0.39, 0.29) is 18.5 Å². The van der Waals surface area contributed by atoms with E-state index < -0.39 is 5.97 Å². The van der Waals surface area contributed by atoms with Crippen LogP contribution in [0.25, 0.3) is 0 Å². The van der Waals surface area contributed by atoms with E-state index in [1.165, 1.54) is 57.4 Å². The van der Waals surface area contributed by atoms with Crippen LogP contribution < -0.4 is 0 Å². The van der Waals surface area contributed by atoms with E-state index in [0.29, 0.717) is 13.2 Å². The van der Waals surface area contributed by atoms with Gasteiger partial charge in [-0.15, -0.1) is 0 Å². The topological polar surface area (TPSA) is 72.8 Å². The average molecular weight is 449 g/mol. The normalized spacial score (nSPS) is 11.9. The van der Waals surface area contributed by atoms with Crippen LogP contribution in [0.15, 0.2) is 30.3 Å². The van der Waals surface area contributed by atoms with Crippen LogP contribution in [-0.2, 0) is 25.7 Å². The predicted octanol–water partition coefficient (Wildman–Crippen LogP) is 7.07. The Labute approximate surface area is 194 Å². The molecule has 0 saturated carbocycles. The van der Waals surface area contributed by atoms with Crippen LogP contribution in [0.3, 0.4) is 0 Å². The molecule has 0 heterocycles. The summed E-state index contributed by atoms with van der Waals surface area (Å²) >= 11 is 0. The largest absolute Gasteiger partial charge is 0.481 e. The molecule has 1 unspecified atom stereocenters. The maximum Gasteiger partial charge on any atom is 0.303 e. The first-order valence-electron chi connectivity index (χ1n) is 12.6. The van der Waals surface area contributed by atoms with Crippen molar-refractivity contribution in [3.63, 3.8) is 0 Å². The van der Waals surface area contributed by atoms with Gasteiger partial charge in [0.2, 0.25) is 0 Å². The molecular weight excluding hydrogens is 404 g/mol. The molecule has 5 nitrogen and oxygen atoms in total. The fourth-order valence-corrected chi connectivity index (χ4v) is 3.85. The summed E-state index contributed by atoms with van der Waals surface area (Å²) in [6.45, 7) is 2.67. The number of rotatable bonds is 21. The molecule has 0 aromatic heterocycles. The first-order chi connectivity index (χ1) is 15.6. The molecular formula is C27H44O5. The number of carbonyl (C=O) groups excluding carboxylic acids is 1. The second-order valence-corrected chi connectivity index (χ2v) is 8.72. The molecule has 0 radical (unpaired) electrons. The van der Waals surface area contributed by atoms with Gasteiger partial charge >= 0.3 is 11.9 Å². The molecule has 1 N–H and O–H groups in total. The lowest BCUT2D eigenvalue weighted by Crippen LogP contribution is -2.13. The molecule has 0 aliphatic heterocycles. The van der Waals surface area contributed by atoms with Crippen molar-refractivity contribution in [1.82, 2.24) is 0 Å². The highest BCUT2D eigenvalue weighted by Crippen LogP contribution is 2.18. The van der Waals surface area contributed by atoms with Gasteiger partial charge in [0.05, 0.1) is 19.3 Å². The zero-order valence-electron chi connectivity index (χ0n) is 20.1. The van der Waals surface area contributed by atoms with Gasteiger partial charge in [0.1, 0.15) is 0 Å². The molecule has 1 aromatic carbocycles. The summed E-state index contributed by atoms with van der Waals surface area (Å²) in [5, 5.41) is 8.78. The van der Waals surface area contributed by atoms with Crippen molar-refractivity contribution in [2.75, 3.05) is 6.61 Å². The van der Waals surface area contributed by atoms with E-state index in [2.05, 4.69) is 12.1 Å². The van der Waals surface area contributed by atoms with Gasteiger partial charge in [-0.3, -0.25) is 9.59 Å². The Morgan fingerprint density at radius 3 is 1.88 bits per heavy atom. The highest BCUT2D eigenvalue weighted by molar-refractivity contribution is 5.66. The van der Waals surface area contributed by atoms with Gasteiger partial charge in [0, 0.05) is 13.3 Å². The lowest BCUT2D eigenvalue weighted by molar-refractivity contribution is -0.141. The van der Waals surface area contributed by atoms with Gasteiger partial charge < -0.3 is 14.6 Å². The predicted molar refractivity (Wildman–Crippen MR) is 129 cm³/mol. The number of carboxylic acids is 1. The second kappa shape index (κ2) is 19.8. The summed E-state index contributed by atoms with van der Waals surface area (Å²) in [4.78, 5) is 21.4. The number of hydrogen-bond acceptors (Lipinski definition) is 4. The summed E-state index contributed by atoms with van der Waals surface area (Å²) in [6, 6.07) is 10.3. The Balaban J connectivity index is 2.10. The standard InChI is InChI=1S/C27H44O5/c1-24(28)31-22-16-8-6-4-2-3-5-7-13-19-26(20-14-10-15-21-27(29)30)32-23-25-17-11-9-12-18-25/h9,11-12,17-18,26H,2-8,10,13-16,19-23H2,1H3,(H,29,30). The Kier molecular flexibility index (Phi) is 17.4. The molecule has 1 atom stereocenters. The minimum Gasteiger partial charge on any atom is -0.481 e. The third-order valence-electron chi connectivity index (χ3n) is 5.72. The smallest absolute Gasteiger partial charge is 0.303 e. The van der Waals surface area contributed by atoms with E-state index in [4.69, 9.17) is 14.6 Å². The molecule has 5 heteroatoms. The van der Waals surface area contributed by atoms with Gasteiger partial charge in [-0.2, -0.15) is 0 Å². The zero-order valence-corrected chi connectivity index (χ0v) is 20.1. The van der Waals surface area contributed by atoms with Crippen LogP contribution >= 0.6 is 0 Å². The zero-order chi connectivity index (χ0) is 23.3. The number of ether oxygens (including phenoxy) is 2. The Bertz CT molecular complexity index is 587. The van der Waals surface area contributed by atoms with Crippen LogP contribution in [0.1, 0.15) is 109 Å². The number of hydrogen-bond donors (Lipinski definition) is 1. The highest BCUT2D eigenvalue weighted by atomic mass is 16.5. The molecule has 0 bridgehead atoms. The van der Waals surface area contributed by atoms with Crippen LogP contribution in [0.4, 0.5) is 0 Å². The molecule has 32 heavy (non-hydrogen) atoms. The van der Waals surface area contributed by atoms with E-state index >= 15 is 0 Å². The average Bonchev–Trinajstić information content (AvgIpc) is 2.77. The van der Waals surface area contributed by atoms with Crippen LogP contribution in [0.2, 0.25) is 0 Å². The molecule has 0 amide bonds. The van der Waals surface area contributed by atoms with Gasteiger partial charge in [-0.25, -0.2) is 0 Å². The Hall–Kier alpha value is -1.88. The minimum absolute atomic E-state index is 0.184. The summed E-state index contributed by atoms with van der Waals surface area (Å²) in [7, 11) is 0. The van der Waals surface area contributed by atoms with Gasteiger partial charge in [0.15, 0.2) is 0 Å². The molecule has 0 aliphatic carbocycles. The van der Waals surface area contributed by atoms with Gasteiger partial charge in [-0.05, 0) is 31.2 Å². The van der Waals surface area contributed by atoms with Crippen molar-refractivity contribution in [2.24, 2.45) is 0 Å². The number of esters is 1. The number of benzene rings is 1. The summed E-state index contributed by atoms with van der Waals surface area (Å²) < 4.78 is 11.2. The first kappa shape index (κ1) is 28.2. The molecule has 0 saturated heterocycles. The third-order valence-corrected chi connectivity index (χ3v) is 5.72. The van der Waals surface area contributed by atoms with Crippen molar-refractivity contribution < 1.29 is 24.2 Å². The molecule has 182 valence electrons. The highest BCUT2D eigenvalue weighted by Gasteiger charge is 2.10. The van der Waals surface area contributed by atoms with Crippen molar-refractivity contribution in [3.8, 4) is 0 Å². The Morgan fingerprint density at radius 2 is 1.31 bits per heavy atom. The maximum absolute atomic E-state index is 10.7. The van der Waals surface area contributed by atoms with Crippen LogP contribution in [0.5, 0.6) is 0 Å². The third kappa shape index (κ3) is 17.8. The number of carboxylic acid groups (broad SMARTS) is 1. The monoisotopic (exact) mass is 448 g/mol. The van der Waals surface area contributed by atoms with Gasteiger partial charge in [-0.1, -0.05) is 94.5 Å². The fourth-order valence-electron chi connectivity index (χ4n) is 3.85. The van der Waals surface area contributed by atoms with Crippen LogP contribution in [0, 0.1) is 0 Å². The maximum atomic E-state index is 10.7. The van der Waals surface area contributed by atoms with Crippen molar-refractivity contribution >= 4 is 11.9 Å².